The van der Waals surface area contributed by atoms with Crippen molar-refractivity contribution in [1.82, 2.24) is 0 Å². The largest absolute Gasteiger partial charge is 0.492 e. The summed E-state index contributed by atoms with van der Waals surface area (Å²) in [5, 5.41) is 9.84. The molecule has 0 aliphatic rings. The number of ether oxygens (including phenoxy) is 1. The van der Waals surface area contributed by atoms with Gasteiger partial charge in [0.2, 0.25) is 0 Å². The third-order valence-electron chi connectivity index (χ3n) is 2.55. The average Bonchev–Trinajstić information content (AvgIpc) is 2.46. The maximum Gasteiger partial charge on any atom is 0.124 e. The summed E-state index contributed by atoms with van der Waals surface area (Å²) in [4.78, 5) is 1.23. The second-order valence-electron chi connectivity index (χ2n) is 3.92. The third-order valence-corrected chi connectivity index (χ3v) is 3.76. The van der Waals surface area contributed by atoms with E-state index in [-0.39, 0.29) is 6.61 Å². The monoisotopic (exact) mass is 294 g/mol. The van der Waals surface area contributed by atoms with Gasteiger partial charge in [-0.1, -0.05) is 29.8 Å². The first-order valence-corrected chi connectivity index (χ1v) is 7.36. The van der Waals surface area contributed by atoms with E-state index in [0.717, 1.165) is 11.3 Å². The van der Waals surface area contributed by atoms with Crippen LogP contribution >= 0.6 is 23.4 Å². The van der Waals surface area contributed by atoms with E-state index in [1.807, 2.05) is 18.2 Å². The van der Waals surface area contributed by atoms with E-state index in [1.165, 1.54) is 4.90 Å². The molecule has 1 N–H and O–H groups in total. The van der Waals surface area contributed by atoms with Crippen LogP contribution < -0.4 is 4.74 Å². The van der Waals surface area contributed by atoms with Crippen molar-refractivity contribution in [2.75, 3.05) is 12.4 Å². The lowest BCUT2D eigenvalue weighted by Gasteiger charge is -2.10. The first-order chi connectivity index (χ1) is 9.29. The maximum absolute atomic E-state index is 9.23. The highest BCUT2D eigenvalue weighted by atomic mass is 35.5. The van der Waals surface area contributed by atoms with Crippen LogP contribution in [0.3, 0.4) is 0 Å². The van der Waals surface area contributed by atoms with Gasteiger partial charge in [0.1, 0.15) is 5.75 Å². The molecule has 0 spiro atoms. The van der Waals surface area contributed by atoms with Crippen LogP contribution in [0.5, 0.6) is 5.75 Å². The summed E-state index contributed by atoms with van der Waals surface area (Å²) in [7, 11) is 0. The summed E-state index contributed by atoms with van der Waals surface area (Å²) in [5.74, 6) is 1.55. The van der Waals surface area contributed by atoms with Crippen molar-refractivity contribution in [3.63, 3.8) is 0 Å². The number of hydrogen-bond donors (Lipinski definition) is 1. The van der Waals surface area contributed by atoms with Crippen molar-refractivity contribution in [1.29, 1.82) is 0 Å². The van der Waals surface area contributed by atoms with E-state index in [1.54, 1.807) is 30.0 Å². The van der Waals surface area contributed by atoms with Crippen LogP contribution in [0.25, 0.3) is 0 Å². The van der Waals surface area contributed by atoms with Crippen LogP contribution in [0, 0.1) is 0 Å². The Bertz CT molecular complexity index is 517. The van der Waals surface area contributed by atoms with Crippen LogP contribution in [-0.4, -0.2) is 17.5 Å². The van der Waals surface area contributed by atoms with Crippen molar-refractivity contribution in [2.45, 2.75) is 11.5 Å². The quantitative estimate of drug-likeness (QED) is 0.645. The van der Waals surface area contributed by atoms with Gasteiger partial charge in [-0.15, -0.1) is 11.8 Å². The number of halogens is 1. The van der Waals surface area contributed by atoms with Gasteiger partial charge in [0.15, 0.2) is 0 Å². The zero-order valence-corrected chi connectivity index (χ0v) is 12.0. The summed E-state index contributed by atoms with van der Waals surface area (Å²) >= 11 is 7.61. The van der Waals surface area contributed by atoms with Gasteiger partial charge in [-0.2, -0.15) is 0 Å². The molecule has 0 atom stereocenters. The molecule has 0 bridgehead atoms. The zero-order valence-electron chi connectivity index (χ0n) is 10.4. The molecule has 0 fully saturated rings. The van der Waals surface area contributed by atoms with Gasteiger partial charge >= 0.3 is 0 Å². The Morgan fingerprint density at radius 2 is 1.89 bits per heavy atom. The molecule has 0 aliphatic heterocycles. The summed E-state index contributed by atoms with van der Waals surface area (Å²) in [6.07, 6.45) is 0. The Labute approximate surface area is 122 Å². The number of aliphatic hydroxyl groups excluding tert-OH is 1. The molecule has 0 unspecified atom stereocenters. The topological polar surface area (TPSA) is 29.5 Å². The minimum atomic E-state index is -0.0677. The zero-order chi connectivity index (χ0) is 13.5. The maximum atomic E-state index is 9.23. The van der Waals surface area contributed by atoms with E-state index in [9.17, 15) is 5.11 Å². The van der Waals surface area contributed by atoms with Crippen LogP contribution in [0.4, 0.5) is 0 Å². The van der Waals surface area contributed by atoms with Crippen LogP contribution in [-0.2, 0) is 6.61 Å². The molecule has 2 rings (SSSR count). The van der Waals surface area contributed by atoms with E-state index < -0.39 is 0 Å². The highest BCUT2D eigenvalue weighted by Crippen LogP contribution is 2.23. The lowest BCUT2D eigenvalue weighted by molar-refractivity contribution is 0.267. The van der Waals surface area contributed by atoms with E-state index in [4.69, 9.17) is 16.3 Å². The third kappa shape index (κ3) is 4.46. The molecule has 0 saturated heterocycles. The standard InChI is InChI=1S/C15H15ClO2S/c16-13-6-7-15(12(10-13)11-17)18-8-9-19-14-4-2-1-3-5-14/h1-7,10,17H,8-9,11H2. The van der Waals surface area contributed by atoms with Crippen molar-refractivity contribution in [3.8, 4) is 5.75 Å². The van der Waals surface area contributed by atoms with Gasteiger partial charge in [-0.3, -0.25) is 0 Å². The molecule has 2 nitrogen and oxygen atoms in total. The van der Waals surface area contributed by atoms with Gasteiger partial charge in [0.05, 0.1) is 13.2 Å². The van der Waals surface area contributed by atoms with E-state index in [2.05, 4.69) is 12.1 Å². The molecule has 19 heavy (non-hydrogen) atoms. The number of hydrogen-bond acceptors (Lipinski definition) is 3. The highest BCUT2D eigenvalue weighted by Gasteiger charge is 2.03. The summed E-state index contributed by atoms with van der Waals surface area (Å²) < 4.78 is 5.67. The normalized spacial score (nSPS) is 10.4. The molecular weight excluding hydrogens is 280 g/mol. The molecule has 4 heteroatoms. The second-order valence-corrected chi connectivity index (χ2v) is 5.52. The molecule has 0 saturated carbocycles. The molecule has 0 aromatic heterocycles. The van der Waals surface area contributed by atoms with Crippen molar-refractivity contribution < 1.29 is 9.84 Å². The molecule has 0 amide bonds. The average molecular weight is 295 g/mol. The highest BCUT2D eigenvalue weighted by molar-refractivity contribution is 7.99. The Morgan fingerprint density at radius 1 is 1.11 bits per heavy atom. The first kappa shape index (κ1) is 14.3. The fourth-order valence-electron chi connectivity index (χ4n) is 1.64. The lowest BCUT2D eigenvalue weighted by atomic mass is 10.2. The number of rotatable bonds is 6. The Balaban J connectivity index is 1.83. The summed E-state index contributed by atoms with van der Waals surface area (Å²) in [6, 6.07) is 15.5. The molecule has 0 aliphatic carbocycles. The molecule has 0 radical (unpaired) electrons. The minimum absolute atomic E-state index is 0.0677. The first-order valence-electron chi connectivity index (χ1n) is 5.99. The Morgan fingerprint density at radius 3 is 2.63 bits per heavy atom. The minimum Gasteiger partial charge on any atom is -0.492 e. The predicted octanol–water partition coefficient (Wildman–Crippen LogP) is 4.00. The smallest absolute Gasteiger partial charge is 0.124 e. The number of aliphatic hydroxyl groups is 1. The fraction of sp³-hybridized carbons (Fsp3) is 0.200. The Kier molecular flexibility index (Phi) is 5.58. The number of benzene rings is 2. The Hall–Kier alpha value is -1.16. The molecule has 2 aromatic carbocycles. The number of thioether (sulfide) groups is 1. The van der Waals surface area contributed by atoms with Gasteiger partial charge in [-0.05, 0) is 30.3 Å². The molecule has 100 valence electrons. The fourth-order valence-corrected chi connectivity index (χ4v) is 2.59. The lowest BCUT2D eigenvalue weighted by Crippen LogP contribution is -2.02. The van der Waals surface area contributed by atoms with Gasteiger partial charge < -0.3 is 9.84 Å². The van der Waals surface area contributed by atoms with Crippen LogP contribution in [0.15, 0.2) is 53.4 Å². The predicted molar refractivity (Wildman–Crippen MR) is 80.0 cm³/mol. The summed E-state index contributed by atoms with van der Waals surface area (Å²) in [5.41, 5.74) is 0.720. The molecule has 2 aromatic rings. The van der Waals surface area contributed by atoms with Gasteiger partial charge in [0.25, 0.3) is 0 Å². The molecular formula is C15H15ClO2S. The van der Waals surface area contributed by atoms with E-state index in [0.29, 0.717) is 17.4 Å². The van der Waals surface area contributed by atoms with Gasteiger partial charge in [-0.25, -0.2) is 0 Å². The van der Waals surface area contributed by atoms with Crippen molar-refractivity contribution in [2.24, 2.45) is 0 Å². The molecule has 0 heterocycles. The SMILES string of the molecule is OCc1cc(Cl)ccc1OCCSc1ccccc1. The second kappa shape index (κ2) is 7.43. The summed E-state index contributed by atoms with van der Waals surface area (Å²) in [6.45, 7) is 0.524. The van der Waals surface area contributed by atoms with Crippen molar-refractivity contribution >= 4 is 23.4 Å². The van der Waals surface area contributed by atoms with Crippen LogP contribution in [0.1, 0.15) is 5.56 Å². The van der Waals surface area contributed by atoms with Crippen molar-refractivity contribution in [3.05, 3.63) is 59.1 Å². The van der Waals surface area contributed by atoms with Gasteiger partial charge in [0, 0.05) is 21.2 Å². The van der Waals surface area contributed by atoms with E-state index >= 15 is 0 Å². The van der Waals surface area contributed by atoms with Crippen LogP contribution in [0.2, 0.25) is 5.02 Å².